The predicted octanol–water partition coefficient (Wildman–Crippen LogP) is 2.65. The van der Waals surface area contributed by atoms with Crippen molar-refractivity contribution in [3.05, 3.63) is 30.3 Å². The summed E-state index contributed by atoms with van der Waals surface area (Å²) in [6.07, 6.45) is -0.448. The maximum Gasteiger partial charge on any atom is 0.183 e. The molecular formula is C14H22O3S. The third kappa shape index (κ3) is 3.82. The first-order chi connectivity index (χ1) is 8.14. The average molecular weight is 270 g/mol. The molecule has 0 aromatic heterocycles. The van der Waals surface area contributed by atoms with Crippen molar-refractivity contribution in [2.45, 2.75) is 50.4 Å². The zero-order chi connectivity index (χ0) is 14.0. The molecule has 1 aromatic carbocycles. The van der Waals surface area contributed by atoms with Crippen molar-refractivity contribution in [3.8, 4) is 0 Å². The van der Waals surface area contributed by atoms with E-state index in [1.165, 1.54) is 6.92 Å². The minimum Gasteiger partial charge on any atom is -0.392 e. The van der Waals surface area contributed by atoms with Gasteiger partial charge in [-0.05, 0) is 30.9 Å². The summed E-state index contributed by atoms with van der Waals surface area (Å²) in [5.74, 6) is 0. The first-order valence-electron chi connectivity index (χ1n) is 6.11. The summed E-state index contributed by atoms with van der Waals surface area (Å²) in [5, 5.41) is 9.03. The molecule has 1 aromatic rings. The van der Waals surface area contributed by atoms with Gasteiger partial charge in [0, 0.05) is 0 Å². The molecule has 0 bridgehead atoms. The van der Waals surface area contributed by atoms with Crippen LogP contribution in [0.4, 0.5) is 0 Å². The Hall–Kier alpha value is -0.870. The van der Waals surface area contributed by atoms with Crippen LogP contribution < -0.4 is 0 Å². The largest absolute Gasteiger partial charge is 0.392 e. The van der Waals surface area contributed by atoms with Crippen molar-refractivity contribution >= 4 is 9.84 Å². The second-order valence-electron chi connectivity index (χ2n) is 5.90. The molecule has 0 saturated carbocycles. The Morgan fingerprint density at radius 1 is 1.17 bits per heavy atom. The third-order valence-electron chi connectivity index (χ3n) is 2.82. The average Bonchev–Trinajstić information content (AvgIpc) is 2.25. The molecule has 2 atom stereocenters. The Balaban J connectivity index is 3.14. The van der Waals surface area contributed by atoms with E-state index in [0.29, 0.717) is 6.42 Å². The Bertz CT molecular complexity index is 470. The van der Waals surface area contributed by atoms with Crippen LogP contribution in [0.3, 0.4) is 0 Å². The number of rotatable bonds is 4. The quantitative estimate of drug-likeness (QED) is 0.915. The fraction of sp³-hybridized carbons (Fsp3) is 0.571. The smallest absolute Gasteiger partial charge is 0.183 e. The normalized spacial score (nSPS) is 16.3. The summed E-state index contributed by atoms with van der Waals surface area (Å²) in [6, 6.07) is 8.33. The van der Waals surface area contributed by atoms with E-state index in [1.807, 2.05) is 20.8 Å². The summed E-state index contributed by atoms with van der Waals surface area (Å²) in [6.45, 7) is 7.46. The van der Waals surface area contributed by atoms with Gasteiger partial charge in [-0.3, -0.25) is 0 Å². The molecule has 1 N–H and O–H groups in total. The molecule has 0 spiro atoms. The van der Waals surface area contributed by atoms with Crippen LogP contribution in [0.25, 0.3) is 0 Å². The Morgan fingerprint density at radius 3 is 2.06 bits per heavy atom. The molecule has 0 aliphatic carbocycles. The summed E-state index contributed by atoms with van der Waals surface area (Å²) >= 11 is 0. The standard InChI is InChI=1S/C14H22O3S/c1-11(15)13(10-14(2,3)4)18(16,17)12-8-6-5-7-9-12/h5-9,11,13,15H,10H2,1-4H3/t11-,13-/m0/s1. The van der Waals surface area contributed by atoms with Gasteiger partial charge < -0.3 is 5.11 Å². The lowest BCUT2D eigenvalue weighted by Gasteiger charge is -2.27. The predicted molar refractivity (Wildman–Crippen MR) is 73.2 cm³/mol. The van der Waals surface area contributed by atoms with Crippen LogP contribution >= 0.6 is 0 Å². The number of aliphatic hydroxyl groups is 1. The van der Waals surface area contributed by atoms with Crippen LogP contribution in [0.1, 0.15) is 34.1 Å². The first kappa shape index (κ1) is 15.2. The van der Waals surface area contributed by atoms with Crippen molar-refractivity contribution in [2.24, 2.45) is 5.41 Å². The van der Waals surface area contributed by atoms with Gasteiger partial charge >= 0.3 is 0 Å². The van der Waals surface area contributed by atoms with Gasteiger partial charge in [-0.25, -0.2) is 8.42 Å². The lowest BCUT2D eigenvalue weighted by atomic mass is 9.89. The van der Waals surface area contributed by atoms with Gasteiger partial charge in [-0.15, -0.1) is 0 Å². The van der Waals surface area contributed by atoms with Crippen LogP contribution in [0.2, 0.25) is 0 Å². The number of aliphatic hydroxyl groups excluding tert-OH is 1. The molecule has 0 saturated heterocycles. The molecule has 0 heterocycles. The van der Waals surface area contributed by atoms with Crippen molar-refractivity contribution in [1.29, 1.82) is 0 Å². The number of sulfone groups is 1. The van der Waals surface area contributed by atoms with E-state index in [2.05, 4.69) is 0 Å². The van der Waals surface area contributed by atoms with E-state index in [4.69, 9.17) is 0 Å². The topological polar surface area (TPSA) is 54.4 Å². The van der Waals surface area contributed by atoms with Crippen molar-refractivity contribution in [3.63, 3.8) is 0 Å². The highest BCUT2D eigenvalue weighted by Crippen LogP contribution is 2.29. The zero-order valence-corrected chi connectivity index (χ0v) is 12.2. The van der Waals surface area contributed by atoms with Crippen LogP contribution in [0, 0.1) is 5.41 Å². The summed E-state index contributed by atoms with van der Waals surface area (Å²) in [5.41, 5.74) is -0.149. The molecule has 102 valence electrons. The third-order valence-corrected chi connectivity index (χ3v) is 5.11. The maximum absolute atomic E-state index is 12.5. The minimum absolute atomic E-state index is 0.149. The SMILES string of the molecule is C[C@H](O)[C@H](CC(C)(C)C)S(=O)(=O)c1ccccc1. The lowest BCUT2D eigenvalue weighted by Crippen LogP contribution is -2.35. The molecule has 0 aliphatic heterocycles. The van der Waals surface area contributed by atoms with E-state index in [1.54, 1.807) is 30.3 Å². The Morgan fingerprint density at radius 2 is 1.67 bits per heavy atom. The first-order valence-corrected chi connectivity index (χ1v) is 7.66. The van der Waals surface area contributed by atoms with Crippen LogP contribution in [-0.4, -0.2) is 24.9 Å². The highest BCUT2D eigenvalue weighted by molar-refractivity contribution is 7.92. The summed E-state index contributed by atoms with van der Waals surface area (Å²) in [7, 11) is -3.48. The summed E-state index contributed by atoms with van der Waals surface area (Å²) < 4.78 is 25.0. The van der Waals surface area contributed by atoms with E-state index in [0.717, 1.165) is 0 Å². The molecule has 0 amide bonds. The van der Waals surface area contributed by atoms with E-state index < -0.39 is 21.2 Å². The molecule has 18 heavy (non-hydrogen) atoms. The van der Waals surface area contributed by atoms with Crippen molar-refractivity contribution in [2.75, 3.05) is 0 Å². The molecule has 0 aliphatic rings. The van der Waals surface area contributed by atoms with Gasteiger partial charge in [0.25, 0.3) is 0 Å². The number of hydrogen-bond donors (Lipinski definition) is 1. The maximum atomic E-state index is 12.5. The molecule has 4 heteroatoms. The fourth-order valence-electron chi connectivity index (χ4n) is 1.93. The number of hydrogen-bond acceptors (Lipinski definition) is 3. The Kier molecular flexibility index (Phi) is 4.56. The Labute approximate surface area is 110 Å². The summed E-state index contributed by atoms with van der Waals surface area (Å²) in [4.78, 5) is 0.278. The zero-order valence-electron chi connectivity index (χ0n) is 11.4. The van der Waals surface area contributed by atoms with Gasteiger partial charge in [0.1, 0.15) is 0 Å². The van der Waals surface area contributed by atoms with E-state index in [-0.39, 0.29) is 10.3 Å². The monoisotopic (exact) mass is 270 g/mol. The van der Waals surface area contributed by atoms with Gasteiger partial charge in [0.15, 0.2) is 9.84 Å². The van der Waals surface area contributed by atoms with Gasteiger partial charge in [-0.2, -0.15) is 0 Å². The lowest BCUT2D eigenvalue weighted by molar-refractivity contribution is 0.166. The van der Waals surface area contributed by atoms with Crippen LogP contribution in [-0.2, 0) is 9.84 Å². The minimum atomic E-state index is -3.48. The van der Waals surface area contributed by atoms with E-state index in [9.17, 15) is 13.5 Å². The fourth-order valence-corrected chi connectivity index (χ4v) is 4.05. The molecule has 0 fully saturated rings. The second-order valence-corrected chi connectivity index (χ2v) is 8.07. The highest BCUT2D eigenvalue weighted by atomic mass is 32.2. The highest BCUT2D eigenvalue weighted by Gasteiger charge is 2.34. The van der Waals surface area contributed by atoms with Gasteiger partial charge in [0.05, 0.1) is 16.2 Å². The second kappa shape index (κ2) is 5.41. The van der Waals surface area contributed by atoms with E-state index >= 15 is 0 Å². The molecule has 3 nitrogen and oxygen atoms in total. The molecule has 0 unspecified atom stereocenters. The van der Waals surface area contributed by atoms with Crippen LogP contribution in [0.5, 0.6) is 0 Å². The molecular weight excluding hydrogens is 248 g/mol. The van der Waals surface area contributed by atoms with Gasteiger partial charge in [-0.1, -0.05) is 39.0 Å². The van der Waals surface area contributed by atoms with Crippen LogP contribution in [0.15, 0.2) is 35.2 Å². The molecule has 1 rings (SSSR count). The number of benzene rings is 1. The van der Waals surface area contributed by atoms with Crippen molar-refractivity contribution in [1.82, 2.24) is 0 Å². The van der Waals surface area contributed by atoms with Gasteiger partial charge in [0.2, 0.25) is 0 Å². The molecule has 0 radical (unpaired) electrons. The van der Waals surface area contributed by atoms with Crippen molar-refractivity contribution < 1.29 is 13.5 Å².